The Morgan fingerprint density at radius 3 is 2.51 bits per heavy atom. The fourth-order valence-corrected chi connectivity index (χ4v) is 4.58. The van der Waals surface area contributed by atoms with Crippen molar-refractivity contribution in [2.45, 2.75) is 26.7 Å². The number of aromatic amines is 1. The average molecular weight is 521 g/mol. The predicted octanol–water partition coefficient (Wildman–Crippen LogP) is 4.76. The van der Waals surface area contributed by atoms with Crippen molar-refractivity contribution in [1.29, 1.82) is 0 Å². The van der Waals surface area contributed by atoms with Crippen molar-refractivity contribution in [2.24, 2.45) is 5.41 Å². The summed E-state index contributed by atoms with van der Waals surface area (Å²) in [6.45, 7) is 4.62. The van der Waals surface area contributed by atoms with Crippen molar-refractivity contribution in [3.8, 4) is 22.6 Å². The number of nitrogens with zero attached hydrogens (tertiary/aromatic N) is 4. The quantitative estimate of drug-likeness (QED) is 0.332. The van der Waals surface area contributed by atoms with E-state index in [1.807, 2.05) is 80.6 Å². The molecule has 1 aliphatic rings. The second-order valence-electron chi connectivity index (χ2n) is 9.95. The molecule has 0 aliphatic carbocycles. The number of ether oxygens (including phenoxy) is 2. The summed E-state index contributed by atoms with van der Waals surface area (Å²) in [5.41, 5.74) is 5.75. The van der Waals surface area contributed by atoms with Crippen molar-refractivity contribution in [3.05, 3.63) is 96.2 Å². The first-order chi connectivity index (χ1) is 19.0. The highest BCUT2D eigenvalue weighted by Gasteiger charge is 2.40. The van der Waals surface area contributed by atoms with E-state index >= 15 is 0 Å². The summed E-state index contributed by atoms with van der Waals surface area (Å²) in [6.07, 6.45) is 2.59. The number of pyridine rings is 1. The molecule has 6 rings (SSSR count). The van der Waals surface area contributed by atoms with Gasteiger partial charge in [-0.15, -0.1) is 0 Å². The molecule has 0 spiro atoms. The number of amides is 1. The normalized spacial score (nSPS) is 19.2. The van der Waals surface area contributed by atoms with Crippen molar-refractivity contribution in [3.63, 3.8) is 0 Å². The first kappa shape index (κ1) is 24.8. The van der Waals surface area contributed by atoms with Gasteiger partial charge in [0.2, 0.25) is 12.2 Å². The van der Waals surface area contributed by atoms with E-state index < -0.39 is 11.7 Å². The van der Waals surface area contributed by atoms with Gasteiger partial charge in [-0.2, -0.15) is 0 Å². The van der Waals surface area contributed by atoms with Crippen LogP contribution in [0.25, 0.3) is 33.7 Å². The lowest BCUT2D eigenvalue weighted by Crippen LogP contribution is -2.48. The van der Waals surface area contributed by atoms with Gasteiger partial charge < -0.3 is 19.8 Å². The first-order valence-corrected chi connectivity index (χ1v) is 12.8. The molecule has 2 N–H and O–H groups in total. The number of nitrogens with one attached hydrogen (secondary N) is 2. The van der Waals surface area contributed by atoms with Gasteiger partial charge in [-0.25, -0.2) is 4.98 Å². The SMILES string of the molecule is Cc1cccc(-c2[nH]c(C3OCC(C)(C(=O)NCc4ccccc4)CO3)nc2-c2ccc3nccnc3c2)n1. The highest BCUT2D eigenvalue weighted by molar-refractivity contribution is 5.85. The lowest BCUT2D eigenvalue weighted by molar-refractivity contribution is -0.231. The summed E-state index contributed by atoms with van der Waals surface area (Å²) in [4.78, 5) is 34.8. The number of H-pyrrole nitrogens is 1. The summed E-state index contributed by atoms with van der Waals surface area (Å²) >= 11 is 0. The smallest absolute Gasteiger partial charge is 0.230 e. The van der Waals surface area contributed by atoms with Crippen LogP contribution < -0.4 is 5.32 Å². The standard InChI is InChI=1S/C30H28N6O3/c1-19-7-6-10-23(34-19)26-25(21-11-12-22-24(15-21)32-14-13-31-22)35-27(36-26)28-38-17-30(2,18-39-28)29(37)33-16-20-8-4-3-5-9-20/h3-15,28H,16-18H2,1-2H3,(H,33,37)(H,35,36). The molecular formula is C30H28N6O3. The van der Waals surface area contributed by atoms with Crippen molar-refractivity contribution < 1.29 is 14.3 Å². The minimum absolute atomic E-state index is 0.119. The monoisotopic (exact) mass is 520 g/mol. The van der Waals surface area contributed by atoms with E-state index in [9.17, 15) is 4.79 Å². The minimum Gasteiger partial charge on any atom is -0.351 e. The van der Waals surface area contributed by atoms with Gasteiger partial charge in [0, 0.05) is 30.2 Å². The predicted molar refractivity (Wildman–Crippen MR) is 146 cm³/mol. The first-order valence-electron chi connectivity index (χ1n) is 12.8. The third-order valence-electron chi connectivity index (χ3n) is 6.78. The van der Waals surface area contributed by atoms with E-state index in [-0.39, 0.29) is 19.1 Å². The molecule has 0 atom stereocenters. The number of imidazole rings is 1. The van der Waals surface area contributed by atoms with Crippen molar-refractivity contribution >= 4 is 16.9 Å². The van der Waals surface area contributed by atoms with Crippen LogP contribution in [-0.2, 0) is 20.8 Å². The number of fused-ring (bicyclic) bond motifs is 1. The molecule has 196 valence electrons. The molecule has 9 nitrogen and oxygen atoms in total. The lowest BCUT2D eigenvalue weighted by Gasteiger charge is -2.35. The molecule has 1 fully saturated rings. The average Bonchev–Trinajstić information content (AvgIpc) is 3.42. The van der Waals surface area contributed by atoms with E-state index in [4.69, 9.17) is 19.4 Å². The van der Waals surface area contributed by atoms with Crippen molar-refractivity contribution in [2.75, 3.05) is 13.2 Å². The largest absolute Gasteiger partial charge is 0.351 e. The Bertz CT molecular complexity index is 1630. The van der Waals surface area contributed by atoms with E-state index in [0.29, 0.717) is 18.1 Å². The second-order valence-corrected chi connectivity index (χ2v) is 9.95. The fraction of sp³-hybridized carbons (Fsp3) is 0.233. The van der Waals surface area contributed by atoms with Crippen LogP contribution in [0.15, 0.2) is 79.1 Å². The molecule has 2 aromatic carbocycles. The van der Waals surface area contributed by atoms with E-state index in [1.54, 1.807) is 12.4 Å². The number of hydrogen-bond acceptors (Lipinski definition) is 7. The van der Waals surface area contributed by atoms with Crippen LogP contribution in [0.3, 0.4) is 0 Å². The van der Waals surface area contributed by atoms with Crippen LogP contribution in [0, 0.1) is 12.3 Å². The van der Waals surface area contributed by atoms with E-state index in [0.717, 1.165) is 39.2 Å². The van der Waals surface area contributed by atoms with Crippen LogP contribution in [0.5, 0.6) is 0 Å². The highest BCUT2D eigenvalue weighted by atomic mass is 16.7. The zero-order valence-corrected chi connectivity index (χ0v) is 21.7. The van der Waals surface area contributed by atoms with Crippen LogP contribution >= 0.6 is 0 Å². The summed E-state index contributed by atoms with van der Waals surface area (Å²) in [6, 6.07) is 21.5. The van der Waals surface area contributed by atoms with Gasteiger partial charge in [-0.05, 0) is 43.7 Å². The van der Waals surface area contributed by atoms with Crippen LogP contribution in [0.1, 0.15) is 30.3 Å². The number of carbonyl (C=O) groups is 1. The third kappa shape index (κ3) is 5.14. The van der Waals surface area contributed by atoms with Gasteiger partial charge in [0.1, 0.15) is 0 Å². The number of aryl methyl sites for hydroxylation is 1. The van der Waals surface area contributed by atoms with Gasteiger partial charge in [0.25, 0.3) is 0 Å². The number of benzene rings is 2. The van der Waals surface area contributed by atoms with Crippen molar-refractivity contribution in [1.82, 2.24) is 30.2 Å². The maximum absolute atomic E-state index is 13.0. The van der Waals surface area contributed by atoms with Gasteiger partial charge in [-0.3, -0.25) is 19.7 Å². The molecule has 3 aromatic heterocycles. The Balaban J connectivity index is 1.25. The Hall–Kier alpha value is -4.47. The Morgan fingerprint density at radius 2 is 1.74 bits per heavy atom. The van der Waals surface area contributed by atoms with Crippen LogP contribution in [0.2, 0.25) is 0 Å². The molecule has 0 radical (unpaired) electrons. The lowest BCUT2D eigenvalue weighted by atomic mass is 9.91. The second kappa shape index (κ2) is 10.4. The molecule has 1 aliphatic heterocycles. The topological polar surface area (TPSA) is 115 Å². The molecule has 5 aromatic rings. The molecule has 9 heteroatoms. The van der Waals surface area contributed by atoms with Gasteiger partial charge in [-0.1, -0.05) is 42.5 Å². The molecule has 0 saturated carbocycles. The summed E-state index contributed by atoms with van der Waals surface area (Å²) < 4.78 is 12.1. The highest BCUT2D eigenvalue weighted by Crippen LogP contribution is 2.36. The number of rotatable bonds is 6. The number of aromatic nitrogens is 5. The van der Waals surface area contributed by atoms with Gasteiger partial charge in [0.05, 0.1) is 46.7 Å². The van der Waals surface area contributed by atoms with Crippen LogP contribution in [0.4, 0.5) is 0 Å². The zero-order valence-electron chi connectivity index (χ0n) is 21.7. The number of hydrogen-bond donors (Lipinski definition) is 2. The molecule has 0 unspecified atom stereocenters. The molecule has 0 bridgehead atoms. The minimum atomic E-state index is -0.821. The summed E-state index contributed by atoms with van der Waals surface area (Å²) in [5, 5.41) is 3.00. The Morgan fingerprint density at radius 1 is 0.974 bits per heavy atom. The molecule has 1 saturated heterocycles. The molecular weight excluding hydrogens is 492 g/mol. The zero-order chi connectivity index (χ0) is 26.8. The van der Waals surface area contributed by atoms with Crippen LogP contribution in [-0.4, -0.2) is 44.0 Å². The Labute approximate surface area is 225 Å². The Kier molecular flexibility index (Phi) is 6.60. The fourth-order valence-electron chi connectivity index (χ4n) is 4.58. The molecule has 39 heavy (non-hydrogen) atoms. The van der Waals surface area contributed by atoms with Gasteiger partial charge >= 0.3 is 0 Å². The van der Waals surface area contributed by atoms with E-state index in [1.165, 1.54) is 0 Å². The number of carbonyl (C=O) groups excluding carboxylic acids is 1. The maximum Gasteiger partial charge on any atom is 0.230 e. The molecule has 4 heterocycles. The summed E-state index contributed by atoms with van der Waals surface area (Å²) in [5.74, 6) is 0.390. The van der Waals surface area contributed by atoms with E-state index in [2.05, 4.69) is 20.3 Å². The molecule has 1 amide bonds. The third-order valence-corrected chi connectivity index (χ3v) is 6.78. The maximum atomic E-state index is 13.0. The summed E-state index contributed by atoms with van der Waals surface area (Å²) in [7, 11) is 0. The van der Waals surface area contributed by atoms with Gasteiger partial charge in [0.15, 0.2) is 5.82 Å².